The number of nitro groups is 1. The lowest BCUT2D eigenvalue weighted by Crippen LogP contribution is -2.15. The Bertz CT molecular complexity index is 1280. The number of amides is 1. The van der Waals surface area contributed by atoms with Gasteiger partial charge in [-0.1, -0.05) is 60.3 Å². The van der Waals surface area contributed by atoms with Crippen LogP contribution in [0.5, 0.6) is 5.75 Å². The van der Waals surface area contributed by atoms with Gasteiger partial charge >= 0.3 is 0 Å². The minimum Gasteiger partial charge on any atom is -0.496 e. The summed E-state index contributed by atoms with van der Waals surface area (Å²) < 4.78 is 6.96. The Morgan fingerprint density at radius 3 is 2.45 bits per heavy atom. The van der Waals surface area contributed by atoms with Crippen LogP contribution in [0.25, 0.3) is 16.9 Å². The Morgan fingerprint density at radius 1 is 1.09 bits per heavy atom. The molecule has 1 aromatic heterocycles. The third kappa shape index (κ3) is 5.21. The molecule has 0 saturated heterocycles. The maximum atomic E-state index is 12.6. The highest BCUT2D eigenvalue weighted by molar-refractivity contribution is 7.99. The zero-order valence-electron chi connectivity index (χ0n) is 17.7. The van der Waals surface area contributed by atoms with Gasteiger partial charge in [0, 0.05) is 17.4 Å². The van der Waals surface area contributed by atoms with Gasteiger partial charge in [0.25, 0.3) is 5.69 Å². The van der Waals surface area contributed by atoms with Crippen LogP contribution in [0.15, 0.2) is 90.2 Å². The van der Waals surface area contributed by atoms with E-state index < -0.39 is 4.92 Å². The molecule has 4 aromatic rings. The first kappa shape index (κ1) is 22.1. The van der Waals surface area contributed by atoms with E-state index in [0.29, 0.717) is 10.9 Å². The summed E-state index contributed by atoms with van der Waals surface area (Å²) in [7, 11) is 1.42. The van der Waals surface area contributed by atoms with Gasteiger partial charge in [0.2, 0.25) is 5.91 Å². The molecule has 4 rings (SSSR count). The van der Waals surface area contributed by atoms with E-state index in [0.717, 1.165) is 16.9 Å². The Morgan fingerprint density at radius 2 is 1.79 bits per heavy atom. The van der Waals surface area contributed by atoms with Gasteiger partial charge in [-0.05, 0) is 24.3 Å². The van der Waals surface area contributed by atoms with Crippen LogP contribution in [0.2, 0.25) is 0 Å². The smallest absolute Gasteiger partial charge is 0.296 e. The number of ether oxygens (including phenoxy) is 1. The molecule has 0 fully saturated rings. The summed E-state index contributed by atoms with van der Waals surface area (Å²) in [5, 5.41) is 14.6. The third-order valence-electron chi connectivity index (χ3n) is 4.79. The molecule has 1 heterocycles. The van der Waals surface area contributed by atoms with E-state index in [4.69, 9.17) is 9.72 Å². The number of benzene rings is 3. The van der Waals surface area contributed by atoms with Crippen molar-refractivity contribution >= 4 is 29.0 Å². The summed E-state index contributed by atoms with van der Waals surface area (Å²) in [5.74, 6) is -0.00843. The fourth-order valence-corrected chi connectivity index (χ4v) is 3.99. The number of thioether (sulfide) groups is 1. The molecule has 166 valence electrons. The van der Waals surface area contributed by atoms with Crippen molar-refractivity contribution < 1.29 is 14.5 Å². The van der Waals surface area contributed by atoms with Gasteiger partial charge in [-0.25, -0.2) is 4.98 Å². The van der Waals surface area contributed by atoms with Gasteiger partial charge in [-0.2, -0.15) is 0 Å². The highest BCUT2D eigenvalue weighted by Gasteiger charge is 2.18. The normalized spacial score (nSPS) is 10.6. The van der Waals surface area contributed by atoms with Crippen molar-refractivity contribution in [3.05, 3.63) is 95.2 Å². The zero-order chi connectivity index (χ0) is 23.2. The summed E-state index contributed by atoms with van der Waals surface area (Å²) in [4.78, 5) is 28.2. The largest absolute Gasteiger partial charge is 0.496 e. The monoisotopic (exact) mass is 460 g/mol. The number of rotatable bonds is 8. The number of hydrogen-bond acceptors (Lipinski definition) is 6. The zero-order valence-corrected chi connectivity index (χ0v) is 18.5. The fourth-order valence-electron chi connectivity index (χ4n) is 3.20. The van der Waals surface area contributed by atoms with Gasteiger partial charge in [0.15, 0.2) is 5.16 Å². The number of aromatic nitrogens is 2. The number of imidazole rings is 1. The number of methoxy groups -OCH3 is 1. The average molecular weight is 461 g/mol. The molecule has 0 radical (unpaired) electrons. The number of hydrogen-bond donors (Lipinski definition) is 1. The Hall–Kier alpha value is -4.11. The Balaban J connectivity index is 1.55. The van der Waals surface area contributed by atoms with E-state index in [1.807, 2.05) is 71.4 Å². The number of nitrogens with zero attached hydrogens (tertiary/aromatic N) is 3. The minimum absolute atomic E-state index is 0.0290. The summed E-state index contributed by atoms with van der Waals surface area (Å²) in [6, 6.07) is 23.8. The van der Waals surface area contributed by atoms with Crippen molar-refractivity contribution in [3.8, 4) is 22.7 Å². The van der Waals surface area contributed by atoms with Crippen molar-refractivity contribution in [2.75, 3.05) is 18.2 Å². The molecule has 0 saturated carbocycles. The lowest BCUT2D eigenvalue weighted by atomic mass is 10.2. The molecule has 0 atom stereocenters. The standard InChI is InChI=1S/C24H20N4O4S/c1-32-19-12-13-20(22(14-19)28(30)31)25-23(29)16-33-24-26-21(17-8-4-2-5-9-17)15-27(24)18-10-6-3-7-11-18/h2-15H,16H2,1H3,(H,25,29). The van der Waals surface area contributed by atoms with Gasteiger partial charge in [-0.15, -0.1) is 0 Å². The molecular weight excluding hydrogens is 440 g/mol. The highest BCUT2D eigenvalue weighted by Crippen LogP contribution is 2.30. The van der Waals surface area contributed by atoms with Gasteiger partial charge < -0.3 is 10.1 Å². The molecule has 0 spiro atoms. The Labute approximate surface area is 194 Å². The molecule has 1 amide bonds. The van der Waals surface area contributed by atoms with Crippen molar-refractivity contribution in [2.45, 2.75) is 5.16 Å². The Kier molecular flexibility index (Phi) is 6.70. The molecule has 0 aliphatic rings. The molecule has 3 aromatic carbocycles. The van der Waals surface area contributed by atoms with Gasteiger partial charge in [0.1, 0.15) is 11.4 Å². The first-order chi connectivity index (χ1) is 16.0. The average Bonchev–Trinajstić information content (AvgIpc) is 3.28. The maximum Gasteiger partial charge on any atom is 0.296 e. The van der Waals surface area contributed by atoms with Crippen molar-refractivity contribution in [3.63, 3.8) is 0 Å². The number of carbonyl (C=O) groups is 1. The van der Waals surface area contributed by atoms with E-state index in [1.165, 1.54) is 31.0 Å². The van der Waals surface area contributed by atoms with Crippen LogP contribution in [0, 0.1) is 10.1 Å². The molecule has 33 heavy (non-hydrogen) atoms. The molecule has 0 bridgehead atoms. The number of carbonyl (C=O) groups excluding carboxylic acids is 1. The predicted octanol–water partition coefficient (Wildman–Crippen LogP) is 5.19. The van der Waals surface area contributed by atoms with E-state index in [-0.39, 0.29) is 23.0 Å². The second kappa shape index (κ2) is 10.0. The topological polar surface area (TPSA) is 99.3 Å². The SMILES string of the molecule is COc1ccc(NC(=O)CSc2nc(-c3ccccc3)cn2-c2ccccc2)c([N+](=O)[O-])c1. The second-order valence-corrected chi connectivity index (χ2v) is 7.90. The molecule has 8 nitrogen and oxygen atoms in total. The molecule has 0 unspecified atom stereocenters. The first-order valence-electron chi connectivity index (χ1n) is 10.0. The van der Waals surface area contributed by atoms with Crippen LogP contribution in [0.1, 0.15) is 0 Å². The number of nitrogens with one attached hydrogen (secondary N) is 1. The first-order valence-corrected chi connectivity index (χ1v) is 11.0. The second-order valence-electron chi connectivity index (χ2n) is 6.96. The van der Waals surface area contributed by atoms with Crippen LogP contribution in [0.4, 0.5) is 11.4 Å². The highest BCUT2D eigenvalue weighted by atomic mass is 32.2. The van der Waals surface area contributed by atoms with E-state index >= 15 is 0 Å². The molecule has 9 heteroatoms. The number of para-hydroxylation sites is 1. The van der Waals surface area contributed by atoms with Crippen molar-refractivity contribution in [1.29, 1.82) is 0 Å². The third-order valence-corrected chi connectivity index (χ3v) is 5.74. The van der Waals surface area contributed by atoms with E-state index in [9.17, 15) is 14.9 Å². The van der Waals surface area contributed by atoms with Crippen LogP contribution in [-0.2, 0) is 4.79 Å². The minimum atomic E-state index is -0.556. The lowest BCUT2D eigenvalue weighted by Gasteiger charge is -2.09. The van der Waals surface area contributed by atoms with Crippen LogP contribution in [0.3, 0.4) is 0 Å². The maximum absolute atomic E-state index is 12.6. The summed E-state index contributed by atoms with van der Waals surface area (Å²) >= 11 is 1.25. The summed E-state index contributed by atoms with van der Waals surface area (Å²) in [6.07, 6.45) is 1.93. The summed E-state index contributed by atoms with van der Waals surface area (Å²) in [6.45, 7) is 0. The molecule has 0 aliphatic carbocycles. The predicted molar refractivity (Wildman–Crippen MR) is 128 cm³/mol. The van der Waals surface area contributed by atoms with Crippen LogP contribution < -0.4 is 10.1 Å². The van der Waals surface area contributed by atoms with Gasteiger partial charge in [-0.3, -0.25) is 19.5 Å². The van der Waals surface area contributed by atoms with Crippen LogP contribution >= 0.6 is 11.8 Å². The van der Waals surface area contributed by atoms with Crippen molar-refractivity contribution in [1.82, 2.24) is 9.55 Å². The number of anilines is 1. The molecular formula is C24H20N4O4S. The molecule has 0 aliphatic heterocycles. The van der Waals surface area contributed by atoms with Crippen molar-refractivity contribution in [2.24, 2.45) is 0 Å². The summed E-state index contributed by atoms with van der Waals surface area (Å²) in [5.41, 5.74) is 2.55. The molecule has 1 N–H and O–H groups in total. The quantitative estimate of drug-likeness (QED) is 0.221. The lowest BCUT2D eigenvalue weighted by molar-refractivity contribution is -0.384. The fraction of sp³-hybridized carbons (Fsp3) is 0.0833. The van der Waals surface area contributed by atoms with E-state index in [1.54, 1.807) is 6.07 Å². The number of nitro benzene ring substituents is 1. The van der Waals surface area contributed by atoms with E-state index in [2.05, 4.69) is 5.32 Å². The van der Waals surface area contributed by atoms with Crippen LogP contribution in [-0.4, -0.2) is 33.2 Å². The van der Waals surface area contributed by atoms with Gasteiger partial charge in [0.05, 0.1) is 29.5 Å².